The van der Waals surface area contributed by atoms with E-state index in [9.17, 15) is 4.79 Å². The smallest absolute Gasteiger partial charge is 0.261 e. The Morgan fingerprint density at radius 2 is 1.58 bits per heavy atom. The van der Waals surface area contributed by atoms with E-state index >= 15 is 0 Å². The molecule has 0 amide bonds. The maximum Gasteiger partial charge on any atom is 0.261 e. The Morgan fingerprint density at radius 1 is 0.868 bits per heavy atom. The number of para-hydroxylation sites is 1. The molecule has 8 heteroatoms. The number of likely N-dealkylation sites (N-methyl/N-ethyl adjacent to an activating group) is 1. The van der Waals surface area contributed by atoms with Crippen molar-refractivity contribution in [3.63, 3.8) is 0 Å². The fourth-order valence-electron chi connectivity index (χ4n) is 4.59. The summed E-state index contributed by atoms with van der Waals surface area (Å²) in [6.45, 7) is 3.24. The van der Waals surface area contributed by atoms with Gasteiger partial charge in [0, 0.05) is 31.1 Å². The van der Waals surface area contributed by atoms with Crippen LogP contribution in [0.4, 0.5) is 0 Å². The van der Waals surface area contributed by atoms with E-state index in [4.69, 9.17) is 23.9 Å². The summed E-state index contributed by atoms with van der Waals surface area (Å²) >= 11 is 0. The molecular weight excluding hydrogens is 482 g/mol. The van der Waals surface area contributed by atoms with Crippen LogP contribution in [0.15, 0.2) is 65.5 Å². The number of nitrogens with zero attached hydrogens (tertiary/aromatic N) is 3. The summed E-state index contributed by atoms with van der Waals surface area (Å²) in [6.07, 6.45) is 0.426. The Balaban J connectivity index is 1.65. The van der Waals surface area contributed by atoms with Crippen LogP contribution in [-0.4, -0.2) is 56.5 Å². The molecule has 0 radical (unpaired) electrons. The first-order valence-corrected chi connectivity index (χ1v) is 12.5. The highest BCUT2D eigenvalue weighted by Crippen LogP contribution is 2.31. The minimum Gasteiger partial charge on any atom is -0.497 e. The number of methoxy groups -OCH3 is 4. The lowest BCUT2D eigenvalue weighted by Gasteiger charge is -2.26. The van der Waals surface area contributed by atoms with E-state index in [2.05, 4.69) is 11.8 Å². The van der Waals surface area contributed by atoms with Crippen molar-refractivity contribution >= 4 is 10.9 Å². The van der Waals surface area contributed by atoms with Crippen LogP contribution < -0.4 is 24.5 Å². The minimum atomic E-state index is -0.0559. The standard InChI is InChI=1S/C30H35N3O5/c1-20(21-11-13-27(37-5)28(18-21)38-6)32(2)15-16-33-29(31-25-10-8-7-9-24(25)30(33)34)19-22-17-23(35-3)12-14-26(22)36-4/h7-14,17-18,20H,15-16,19H2,1-6H3. The van der Waals surface area contributed by atoms with Crippen molar-refractivity contribution in [1.82, 2.24) is 14.5 Å². The first-order valence-electron chi connectivity index (χ1n) is 12.5. The van der Waals surface area contributed by atoms with Gasteiger partial charge in [-0.25, -0.2) is 4.98 Å². The number of hydrogen-bond acceptors (Lipinski definition) is 7. The molecule has 1 unspecified atom stereocenters. The van der Waals surface area contributed by atoms with Gasteiger partial charge in [0.2, 0.25) is 0 Å². The van der Waals surface area contributed by atoms with Crippen LogP contribution in [0.25, 0.3) is 10.9 Å². The van der Waals surface area contributed by atoms with E-state index in [1.807, 2.05) is 67.7 Å². The van der Waals surface area contributed by atoms with Crippen molar-refractivity contribution in [1.29, 1.82) is 0 Å². The van der Waals surface area contributed by atoms with Gasteiger partial charge in [-0.1, -0.05) is 18.2 Å². The maximum atomic E-state index is 13.6. The second kappa shape index (κ2) is 12.0. The third-order valence-corrected chi connectivity index (χ3v) is 7.00. The van der Waals surface area contributed by atoms with Gasteiger partial charge in [-0.05, 0) is 62.0 Å². The Hall–Kier alpha value is -4.04. The van der Waals surface area contributed by atoms with Crippen LogP contribution in [0.5, 0.6) is 23.0 Å². The van der Waals surface area contributed by atoms with Gasteiger partial charge in [0.15, 0.2) is 11.5 Å². The molecule has 0 saturated heterocycles. The van der Waals surface area contributed by atoms with Gasteiger partial charge in [0.1, 0.15) is 17.3 Å². The molecule has 1 atom stereocenters. The molecule has 4 aromatic rings. The van der Waals surface area contributed by atoms with Gasteiger partial charge in [-0.15, -0.1) is 0 Å². The largest absolute Gasteiger partial charge is 0.497 e. The number of fused-ring (bicyclic) bond motifs is 1. The average molecular weight is 518 g/mol. The molecule has 0 aliphatic carbocycles. The van der Waals surface area contributed by atoms with Crippen LogP contribution >= 0.6 is 0 Å². The zero-order valence-electron chi connectivity index (χ0n) is 22.9. The lowest BCUT2D eigenvalue weighted by molar-refractivity contribution is 0.248. The topological polar surface area (TPSA) is 75.1 Å². The normalized spacial score (nSPS) is 12.0. The molecule has 0 spiro atoms. The van der Waals surface area contributed by atoms with E-state index in [-0.39, 0.29) is 11.6 Å². The molecule has 0 aliphatic heterocycles. The molecule has 4 rings (SSSR count). The first kappa shape index (κ1) is 27.0. The number of hydrogen-bond donors (Lipinski definition) is 0. The number of benzene rings is 3. The van der Waals surface area contributed by atoms with Crippen LogP contribution in [-0.2, 0) is 13.0 Å². The Labute approximate surface area is 223 Å². The van der Waals surface area contributed by atoms with Crippen LogP contribution in [0.1, 0.15) is 29.9 Å². The summed E-state index contributed by atoms with van der Waals surface area (Å²) in [5.74, 6) is 3.50. The Bertz CT molecular complexity index is 1470. The highest BCUT2D eigenvalue weighted by Gasteiger charge is 2.18. The predicted molar refractivity (Wildman–Crippen MR) is 149 cm³/mol. The summed E-state index contributed by atoms with van der Waals surface area (Å²) in [6, 6.07) is 19.1. The zero-order chi connectivity index (χ0) is 27.2. The summed E-state index contributed by atoms with van der Waals surface area (Å²) in [7, 11) is 8.57. The molecule has 0 saturated carbocycles. The molecule has 200 valence electrons. The maximum absolute atomic E-state index is 13.6. The summed E-state index contributed by atoms with van der Waals surface area (Å²) in [5, 5.41) is 0.601. The van der Waals surface area contributed by atoms with E-state index < -0.39 is 0 Å². The number of ether oxygens (including phenoxy) is 4. The molecular formula is C30H35N3O5. The molecule has 8 nitrogen and oxygen atoms in total. The van der Waals surface area contributed by atoms with Crippen molar-refractivity contribution in [2.24, 2.45) is 0 Å². The molecule has 1 heterocycles. The molecule has 0 aliphatic rings. The van der Waals surface area contributed by atoms with Crippen molar-refractivity contribution in [2.75, 3.05) is 42.0 Å². The minimum absolute atomic E-state index is 0.0559. The van der Waals surface area contributed by atoms with Gasteiger partial charge in [0.25, 0.3) is 5.56 Å². The fourth-order valence-corrected chi connectivity index (χ4v) is 4.59. The summed E-state index contributed by atoms with van der Waals surface area (Å²) in [4.78, 5) is 20.8. The van der Waals surface area contributed by atoms with E-state index in [0.29, 0.717) is 47.7 Å². The average Bonchev–Trinajstić information content (AvgIpc) is 2.95. The Morgan fingerprint density at radius 3 is 2.29 bits per heavy atom. The van der Waals surface area contributed by atoms with Crippen molar-refractivity contribution < 1.29 is 18.9 Å². The quantitative estimate of drug-likeness (QED) is 0.285. The summed E-state index contributed by atoms with van der Waals surface area (Å²) < 4.78 is 23.7. The highest BCUT2D eigenvalue weighted by molar-refractivity contribution is 5.77. The van der Waals surface area contributed by atoms with Crippen molar-refractivity contribution in [3.05, 3.63) is 88.0 Å². The van der Waals surface area contributed by atoms with Crippen LogP contribution in [0.2, 0.25) is 0 Å². The molecule has 1 aromatic heterocycles. The second-order valence-corrected chi connectivity index (χ2v) is 9.13. The first-order chi connectivity index (χ1) is 18.4. The Kier molecular flexibility index (Phi) is 8.53. The fraction of sp³-hybridized carbons (Fsp3) is 0.333. The molecule has 0 fully saturated rings. The van der Waals surface area contributed by atoms with Crippen LogP contribution in [0.3, 0.4) is 0 Å². The third-order valence-electron chi connectivity index (χ3n) is 7.00. The van der Waals surface area contributed by atoms with Crippen molar-refractivity contribution in [2.45, 2.75) is 25.9 Å². The monoisotopic (exact) mass is 517 g/mol. The van der Waals surface area contributed by atoms with Crippen LogP contribution in [0, 0.1) is 0 Å². The number of aromatic nitrogens is 2. The van der Waals surface area contributed by atoms with Gasteiger partial charge >= 0.3 is 0 Å². The molecule has 0 bridgehead atoms. The van der Waals surface area contributed by atoms with Gasteiger partial charge in [0.05, 0.1) is 39.3 Å². The lowest BCUT2D eigenvalue weighted by Crippen LogP contribution is -2.32. The lowest BCUT2D eigenvalue weighted by atomic mass is 10.1. The van der Waals surface area contributed by atoms with E-state index in [1.165, 1.54) is 0 Å². The van der Waals surface area contributed by atoms with E-state index in [0.717, 1.165) is 22.6 Å². The molecule has 3 aromatic carbocycles. The van der Waals surface area contributed by atoms with Gasteiger partial charge < -0.3 is 18.9 Å². The SMILES string of the molecule is COc1ccc(OC)c(Cc2nc3ccccc3c(=O)n2CCN(C)C(C)c2ccc(OC)c(OC)c2)c1. The second-order valence-electron chi connectivity index (χ2n) is 9.13. The zero-order valence-corrected chi connectivity index (χ0v) is 22.9. The van der Waals surface area contributed by atoms with Gasteiger partial charge in [-0.2, -0.15) is 0 Å². The summed E-state index contributed by atoms with van der Waals surface area (Å²) in [5.41, 5.74) is 2.61. The highest BCUT2D eigenvalue weighted by atomic mass is 16.5. The van der Waals surface area contributed by atoms with Gasteiger partial charge in [-0.3, -0.25) is 14.3 Å². The van der Waals surface area contributed by atoms with E-state index in [1.54, 1.807) is 33.0 Å². The number of rotatable bonds is 11. The molecule has 38 heavy (non-hydrogen) atoms. The third kappa shape index (κ3) is 5.60. The van der Waals surface area contributed by atoms with Crippen molar-refractivity contribution in [3.8, 4) is 23.0 Å². The molecule has 0 N–H and O–H groups in total. The predicted octanol–water partition coefficient (Wildman–Crippen LogP) is 4.71.